The van der Waals surface area contributed by atoms with Gasteiger partial charge in [-0.05, 0) is 19.1 Å². The van der Waals surface area contributed by atoms with E-state index < -0.39 is 4.48 Å². The fourth-order valence-electron chi connectivity index (χ4n) is 0.787. The first-order valence-corrected chi connectivity index (χ1v) is 5.47. The Morgan fingerprint density at radius 3 is 2.17 bits per heavy atom. The van der Waals surface area contributed by atoms with Crippen LogP contribution in [0.3, 0.4) is 0 Å². The minimum atomic E-state index is -1.35. The highest BCUT2D eigenvalue weighted by Gasteiger charge is 2.16. The van der Waals surface area contributed by atoms with E-state index in [2.05, 4.69) is 18.5 Å². The van der Waals surface area contributed by atoms with Gasteiger partial charge in [0.05, 0.1) is 0 Å². The number of hydrogen-bond acceptors (Lipinski definition) is 1. The van der Waals surface area contributed by atoms with E-state index in [-0.39, 0.29) is 0 Å². The van der Waals surface area contributed by atoms with Gasteiger partial charge in [0.1, 0.15) is 0 Å². The van der Waals surface area contributed by atoms with Crippen LogP contribution >= 0.6 is 30.2 Å². The van der Waals surface area contributed by atoms with Crippen LogP contribution in [0.4, 0.5) is 4.39 Å². The first-order chi connectivity index (χ1) is 5.47. The zero-order valence-corrected chi connectivity index (χ0v) is 9.88. The molecule has 0 aromatic heterocycles. The lowest BCUT2D eigenvalue weighted by atomic mass is 10.2. The van der Waals surface area contributed by atoms with Crippen molar-refractivity contribution in [1.29, 1.82) is 0 Å². The van der Waals surface area contributed by atoms with Crippen LogP contribution in [0.1, 0.15) is 5.56 Å². The Balaban J connectivity index is 2.71. The van der Waals surface area contributed by atoms with Crippen LogP contribution in [0, 0.1) is 6.92 Å². The molecule has 0 bridgehead atoms. The van der Waals surface area contributed by atoms with Crippen LogP contribution < -0.4 is 0 Å². The minimum Gasteiger partial charge on any atom is -0.223 e. The third-order valence-corrected chi connectivity index (χ3v) is 2.82. The van der Waals surface area contributed by atoms with Crippen molar-refractivity contribution in [3.05, 3.63) is 29.8 Å². The molecule has 0 aliphatic carbocycles. The number of hydrogen-bond donors (Lipinski definition) is 0. The normalized spacial score (nSPS) is 11.7. The molecule has 12 heavy (non-hydrogen) atoms. The molecule has 0 nitrogen and oxygen atoms in total. The van der Waals surface area contributed by atoms with Crippen molar-refractivity contribution >= 4 is 30.2 Å². The molecular weight excluding hydrogens is 209 g/mol. The molecule has 0 saturated carbocycles. The van der Waals surface area contributed by atoms with Gasteiger partial charge in [-0.25, -0.2) is 4.39 Å². The van der Waals surface area contributed by atoms with Crippen molar-refractivity contribution in [3.63, 3.8) is 0 Å². The Bertz CT molecular complexity index is 253. The fourth-order valence-corrected chi connectivity index (χ4v) is 2.24. The summed E-state index contributed by atoms with van der Waals surface area (Å²) in [5.74, 6) is 0. The molecule has 1 aromatic carbocycles. The molecule has 66 valence electrons. The van der Waals surface area contributed by atoms with E-state index in [9.17, 15) is 4.39 Å². The topological polar surface area (TPSA) is 0 Å². The summed E-state index contributed by atoms with van der Waals surface area (Å²) in [5, 5.41) is 0. The summed E-state index contributed by atoms with van der Waals surface area (Å²) in [4.78, 5) is 0.938. The average Bonchev–Trinajstić information content (AvgIpc) is 1.91. The van der Waals surface area contributed by atoms with Gasteiger partial charge in [-0.15, -0.1) is 0 Å². The van der Waals surface area contributed by atoms with Crippen LogP contribution in [-0.2, 0) is 0 Å². The maximum atomic E-state index is 13.1. The molecule has 1 rings (SSSR count). The van der Waals surface area contributed by atoms with Gasteiger partial charge in [0.25, 0.3) is 0 Å². The minimum absolute atomic E-state index is 0.938. The van der Waals surface area contributed by atoms with Gasteiger partial charge in [0, 0.05) is 4.90 Å². The van der Waals surface area contributed by atoms with Gasteiger partial charge in [-0.2, -0.15) is 0 Å². The summed E-state index contributed by atoms with van der Waals surface area (Å²) in [6.07, 6.45) is 0. The predicted molar refractivity (Wildman–Crippen MR) is 60.3 cm³/mol. The lowest BCUT2D eigenvalue weighted by Gasteiger charge is -2.12. The molecule has 0 amide bonds. The zero-order chi connectivity index (χ0) is 9.19. The molecule has 1 aromatic rings. The smallest absolute Gasteiger partial charge is 0.184 e. The number of rotatable bonds is 2. The maximum Gasteiger partial charge on any atom is 0.184 e. The lowest BCUT2D eigenvalue weighted by molar-refractivity contribution is 0.531. The van der Waals surface area contributed by atoms with Crippen molar-refractivity contribution in [2.75, 3.05) is 0 Å². The number of aryl methyl sites for hydroxylation is 1. The summed E-state index contributed by atoms with van der Waals surface area (Å²) in [6, 6.07) is 7.79. The monoisotopic (exact) mass is 220 g/mol. The van der Waals surface area contributed by atoms with E-state index in [4.69, 9.17) is 0 Å². The highest BCUT2D eigenvalue weighted by atomic mass is 32.2. The van der Waals surface area contributed by atoms with Crippen molar-refractivity contribution in [1.82, 2.24) is 0 Å². The predicted octanol–water partition coefficient (Wildman–Crippen LogP) is 3.42. The summed E-state index contributed by atoms with van der Waals surface area (Å²) < 4.78 is 11.7. The van der Waals surface area contributed by atoms with Crippen LogP contribution in [0.25, 0.3) is 0 Å². The van der Waals surface area contributed by atoms with E-state index in [1.165, 1.54) is 17.3 Å². The summed E-state index contributed by atoms with van der Waals surface area (Å²) >= 11 is 1.17. The highest BCUT2D eigenvalue weighted by molar-refractivity contribution is 8.08. The molecule has 0 saturated heterocycles. The first kappa shape index (κ1) is 10.4. The van der Waals surface area contributed by atoms with Gasteiger partial charge >= 0.3 is 0 Å². The largest absolute Gasteiger partial charge is 0.223 e. The molecular formula is C8H11FP2S. The molecule has 0 aliphatic heterocycles. The Kier molecular flexibility index (Phi) is 3.52. The van der Waals surface area contributed by atoms with E-state index in [0.717, 1.165) is 4.90 Å². The van der Waals surface area contributed by atoms with E-state index in [1.54, 1.807) is 0 Å². The standard InChI is InChI=1S/C8H11FP2S/c1-6-2-4-7(5-3-6)12-8(9,10)11/h2-5H,10-11H2,1H3. The van der Waals surface area contributed by atoms with Gasteiger partial charge in [-0.1, -0.05) is 47.9 Å². The summed E-state index contributed by atoms with van der Waals surface area (Å²) in [5.41, 5.74) is 1.19. The molecule has 0 fully saturated rings. The maximum absolute atomic E-state index is 13.1. The molecule has 0 N–H and O–H groups in total. The first-order valence-electron chi connectivity index (χ1n) is 3.50. The van der Waals surface area contributed by atoms with Crippen molar-refractivity contribution in [2.24, 2.45) is 0 Å². The Labute approximate surface area is 81.1 Å². The molecule has 2 atom stereocenters. The second-order valence-corrected chi connectivity index (χ2v) is 7.10. The molecule has 0 aliphatic rings. The van der Waals surface area contributed by atoms with Crippen molar-refractivity contribution < 1.29 is 4.39 Å². The third kappa shape index (κ3) is 3.85. The van der Waals surface area contributed by atoms with Crippen LogP contribution in [-0.4, -0.2) is 4.48 Å². The van der Waals surface area contributed by atoms with E-state index in [0.29, 0.717) is 0 Å². The Hall–Kier alpha value is 0.360. The van der Waals surface area contributed by atoms with Crippen molar-refractivity contribution in [2.45, 2.75) is 16.3 Å². The molecule has 4 heteroatoms. The molecule has 0 spiro atoms. The lowest BCUT2D eigenvalue weighted by Crippen LogP contribution is -1.92. The summed E-state index contributed by atoms with van der Waals surface area (Å²) in [7, 11) is 4.27. The Morgan fingerprint density at radius 1 is 1.25 bits per heavy atom. The van der Waals surface area contributed by atoms with Gasteiger partial charge in [-0.3, -0.25) is 0 Å². The van der Waals surface area contributed by atoms with E-state index >= 15 is 0 Å². The number of benzene rings is 1. The SMILES string of the molecule is Cc1ccc(SC(F)(P)P)cc1. The fraction of sp³-hybridized carbons (Fsp3) is 0.250. The van der Waals surface area contributed by atoms with Gasteiger partial charge in [0.2, 0.25) is 0 Å². The average molecular weight is 220 g/mol. The van der Waals surface area contributed by atoms with Crippen molar-refractivity contribution in [3.8, 4) is 0 Å². The van der Waals surface area contributed by atoms with Crippen LogP contribution in [0.15, 0.2) is 29.2 Å². The number of alkyl halides is 1. The van der Waals surface area contributed by atoms with Gasteiger partial charge in [0.15, 0.2) is 4.48 Å². The summed E-state index contributed by atoms with van der Waals surface area (Å²) in [6.45, 7) is 2.01. The van der Waals surface area contributed by atoms with Crippen LogP contribution in [0.5, 0.6) is 0 Å². The van der Waals surface area contributed by atoms with Crippen LogP contribution in [0.2, 0.25) is 0 Å². The molecule has 0 radical (unpaired) electrons. The molecule has 0 heterocycles. The third-order valence-electron chi connectivity index (χ3n) is 1.30. The molecule has 2 unspecified atom stereocenters. The number of thioether (sulfide) groups is 1. The second-order valence-electron chi connectivity index (χ2n) is 2.61. The van der Waals surface area contributed by atoms with E-state index in [1.807, 2.05) is 31.2 Å². The van der Waals surface area contributed by atoms with Gasteiger partial charge < -0.3 is 0 Å². The number of halogens is 1. The Morgan fingerprint density at radius 2 is 1.75 bits per heavy atom. The second kappa shape index (κ2) is 4.05. The quantitative estimate of drug-likeness (QED) is 0.543. The highest BCUT2D eigenvalue weighted by Crippen LogP contribution is 2.44. The zero-order valence-electron chi connectivity index (χ0n) is 6.75.